The predicted octanol–water partition coefficient (Wildman–Crippen LogP) is 6.81. The highest BCUT2D eigenvalue weighted by Gasteiger charge is 2.38. The van der Waals surface area contributed by atoms with Gasteiger partial charge in [-0.05, 0) is 82.9 Å². The molecule has 0 aliphatic carbocycles. The molecule has 4 rings (SSSR count). The molecule has 3 aromatic rings. The van der Waals surface area contributed by atoms with Crippen LogP contribution in [0.1, 0.15) is 57.3 Å². The van der Waals surface area contributed by atoms with E-state index < -0.39 is 0 Å². The van der Waals surface area contributed by atoms with Gasteiger partial charge < -0.3 is 10.1 Å². The second-order valence-electron chi connectivity index (χ2n) is 9.91. The fourth-order valence-corrected chi connectivity index (χ4v) is 5.26. The number of carbonyl (C=O) groups excluding carboxylic acids is 1. The van der Waals surface area contributed by atoms with Crippen LogP contribution in [-0.4, -0.2) is 21.8 Å². The van der Waals surface area contributed by atoms with E-state index >= 15 is 0 Å². The number of nitrogens with zero attached hydrogens (tertiary/aromatic N) is 1. The molecule has 0 atom stereocenters. The number of halogens is 1. The lowest BCUT2D eigenvalue weighted by Crippen LogP contribution is -2.57. The number of rotatable bonds is 5. The average Bonchev–Trinajstić information content (AvgIpc) is 2.66. The van der Waals surface area contributed by atoms with Crippen molar-refractivity contribution in [1.82, 2.24) is 10.3 Å². The molecule has 1 saturated heterocycles. The first-order valence-electron chi connectivity index (χ1n) is 10.7. The number of aromatic nitrogens is 1. The van der Waals surface area contributed by atoms with E-state index in [-0.39, 0.29) is 16.9 Å². The van der Waals surface area contributed by atoms with Gasteiger partial charge in [0.2, 0.25) is 0 Å². The molecule has 31 heavy (non-hydrogen) atoms. The van der Waals surface area contributed by atoms with Crippen molar-refractivity contribution in [3.05, 3.63) is 65.4 Å². The Bertz CT molecular complexity index is 1090. The van der Waals surface area contributed by atoms with E-state index in [1.54, 1.807) is 12.3 Å². The predicted molar refractivity (Wildman–Crippen MR) is 126 cm³/mol. The van der Waals surface area contributed by atoms with Crippen molar-refractivity contribution in [3.8, 4) is 11.5 Å². The maximum Gasteiger partial charge on any atom is 0.163 e. The van der Waals surface area contributed by atoms with Gasteiger partial charge in [-0.2, -0.15) is 0 Å². The summed E-state index contributed by atoms with van der Waals surface area (Å²) in [5.41, 5.74) is 0.814. The number of hydrogen-bond donors (Lipinski definition) is 1. The van der Waals surface area contributed by atoms with Gasteiger partial charge in [0.05, 0.1) is 0 Å². The molecule has 1 aliphatic rings. The summed E-state index contributed by atoms with van der Waals surface area (Å²) in [6, 6.07) is 15.0. The molecule has 2 heterocycles. The zero-order chi connectivity index (χ0) is 22.2. The van der Waals surface area contributed by atoms with Crippen LogP contribution in [0.2, 0.25) is 5.15 Å². The molecule has 1 fully saturated rings. The number of piperidine rings is 1. The Balaban J connectivity index is 1.46. The lowest BCUT2D eigenvalue weighted by molar-refractivity contribution is 0.0864. The smallest absolute Gasteiger partial charge is 0.163 e. The van der Waals surface area contributed by atoms with Gasteiger partial charge in [-0.25, -0.2) is 4.98 Å². The van der Waals surface area contributed by atoms with Crippen LogP contribution in [0.4, 0.5) is 0 Å². The third kappa shape index (κ3) is 5.25. The molecule has 5 heteroatoms. The zero-order valence-corrected chi connectivity index (χ0v) is 19.3. The summed E-state index contributed by atoms with van der Waals surface area (Å²) in [6.45, 7) is 8.87. The summed E-state index contributed by atoms with van der Waals surface area (Å²) in [4.78, 5) is 17.1. The van der Waals surface area contributed by atoms with Gasteiger partial charge in [-0.3, -0.25) is 4.79 Å². The summed E-state index contributed by atoms with van der Waals surface area (Å²) < 4.78 is 6.08. The first-order valence-corrected chi connectivity index (χ1v) is 11.1. The van der Waals surface area contributed by atoms with Crippen LogP contribution in [0.3, 0.4) is 0 Å². The van der Waals surface area contributed by atoms with Crippen LogP contribution >= 0.6 is 11.6 Å². The lowest BCUT2D eigenvalue weighted by atomic mass is 9.74. The van der Waals surface area contributed by atoms with Crippen molar-refractivity contribution in [2.75, 3.05) is 0 Å². The first kappa shape index (κ1) is 21.8. The highest BCUT2D eigenvalue weighted by Crippen LogP contribution is 2.36. The Kier molecular flexibility index (Phi) is 5.80. The molecule has 4 nitrogen and oxygen atoms in total. The largest absolute Gasteiger partial charge is 0.457 e. The third-order valence-corrected chi connectivity index (χ3v) is 6.05. The molecule has 2 aromatic carbocycles. The van der Waals surface area contributed by atoms with Gasteiger partial charge >= 0.3 is 0 Å². The zero-order valence-electron chi connectivity index (χ0n) is 18.5. The summed E-state index contributed by atoms with van der Waals surface area (Å²) in [5.74, 6) is 1.96. The van der Waals surface area contributed by atoms with E-state index in [0.717, 1.165) is 29.2 Å². The minimum atomic E-state index is 0.0429. The molecule has 0 amide bonds. The number of Topliss-reactive ketones (excluding diaryl/α,β-unsaturated/α-hetero) is 1. The molecule has 162 valence electrons. The Labute approximate surface area is 189 Å². The molecular formula is C26H29ClN2O2. The first-order chi connectivity index (χ1) is 14.6. The van der Waals surface area contributed by atoms with Gasteiger partial charge in [0, 0.05) is 40.0 Å². The monoisotopic (exact) mass is 436 g/mol. The second kappa shape index (κ2) is 8.25. The second-order valence-corrected chi connectivity index (χ2v) is 10.3. The van der Waals surface area contributed by atoms with Crippen molar-refractivity contribution < 1.29 is 9.53 Å². The van der Waals surface area contributed by atoms with Gasteiger partial charge in [0.25, 0.3) is 0 Å². The van der Waals surface area contributed by atoms with Gasteiger partial charge in [0.15, 0.2) is 5.78 Å². The number of ether oxygens (including phenoxy) is 1. The Morgan fingerprint density at radius 2 is 1.77 bits per heavy atom. The molecule has 0 spiro atoms. The van der Waals surface area contributed by atoms with Gasteiger partial charge in [-0.1, -0.05) is 23.7 Å². The van der Waals surface area contributed by atoms with Gasteiger partial charge in [0.1, 0.15) is 16.7 Å². The standard InChI is InChI=1S/C26H29ClN2O2/c1-25(2)14-17(15-26(3,4)29-25)12-22(30)18-8-10-20(11-9-18)31-23-7-5-6-19-16-28-24(27)13-21(19)23/h5-11,13,16-17,29H,12,14-15H2,1-4H3. The van der Waals surface area contributed by atoms with E-state index in [2.05, 4.69) is 38.0 Å². The number of fused-ring (bicyclic) bond motifs is 1. The normalized spacial score (nSPS) is 18.1. The topological polar surface area (TPSA) is 51.2 Å². The third-order valence-electron chi connectivity index (χ3n) is 5.84. The van der Waals surface area contributed by atoms with E-state index in [9.17, 15) is 4.79 Å². The highest BCUT2D eigenvalue weighted by molar-refractivity contribution is 6.30. The van der Waals surface area contributed by atoms with Crippen molar-refractivity contribution in [3.63, 3.8) is 0 Å². The molecule has 0 saturated carbocycles. The summed E-state index contributed by atoms with van der Waals surface area (Å²) in [6.07, 6.45) is 4.31. The van der Waals surface area contributed by atoms with E-state index in [4.69, 9.17) is 16.3 Å². The number of ketones is 1. The van der Waals surface area contributed by atoms with Gasteiger partial charge in [-0.15, -0.1) is 0 Å². The molecule has 0 unspecified atom stereocenters. The Morgan fingerprint density at radius 3 is 2.45 bits per heavy atom. The molecular weight excluding hydrogens is 408 g/mol. The molecule has 0 bridgehead atoms. The molecule has 0 radical (unpaired) electrons. The number of hydrogen-bond acceptors (Lipinski definition) is 4. The van der Waals surface area contributed by atoms with Crippen LogP contribution in [0, 0.1) is 5.92 Å². The van der Waals surface area contributed by atoms with Crippen LogP contribution in [-0.2, 0) is 0 Å². The van der Waals surface area contributed by atoms with E-state index in [1.807, 2.05) is 42.5 Å². The fourth-order valence-electron chi connectivity index (χ4n) is 5.10. The molecule has 1 N–H and O–H groups in total. The van der Waals surface area contributed by atoms with Crippen LogP contribution in [0.15, 0.2) is 54.7 Å². The van der Waals surface area contributed by atoms with Crippen LogP contribution in [0.5, 0.6) is 11.5 Å². The van der Waals surface area contributed by atoms with Crippen molar-refractivity contribution in [1.29, 1.82) is 0 Å². The average molecular weight is 437 g/mol. The quantitative estimate of drug-likeness (QED) is 0.352. The summed E-state index contributed by atoms with van der Waals surface area (Å²) in [5, 5.41) is 5.97. The van der Waals surface area contributed by atoms with Crippen molar-refractivity contribution >= 4 is 28.2 Å². The SMILES string of the molecule is CC1(C)CC(CC(=O)c2ccc(Oc3cccc4cnc(Cl)cc34)cc2)CC(C)(C)N1. The van der Waals surface area contributed by atoms with E-state index in [1.165, 1.54) is 0 Å². The van der Waals surface area contributed by atoms with E-state index in [0.29, 0.717) is 29.0 Å². The lowest BCUT2D eigenvalue weighted by Gasteiger charge is -2.46. The Morgan fingerprint density at radius 1 is 1.10 bits per heavy atom. The number of pyridine rings is 1. The molecule has 1 aromatic heterocycles. The highest BCUT2D eigenvalue weighted by atomic mass is 35.5. The molecule has 1 aliphatic heterocycles. The summed E-state index contributed by atoms with van der Waals surface area (Å²) >= 11 is 6.06. The Hall–Kier alpha value is -2.43. The van der Waals surface area contributed by atoms with Crippen molar-refractivity contribution in [2.45, 2.75) is 58.0 Å². The number of benzene rings is 2. The van der Waals surface area contributed by atoms with Crippen molar-refractivity contribution in [2.24, 2.45) is 5.92 Å². The number of nitrogens with one attached hydrogen (secondary N) is 1. The minimum absolute atomic E-state index is 0.0429. The van der Waals surface area contributed by atoms with Crippen LogP contribution < -0.4 is 10.1 Å². The minimum Gasteiger partial charge on any atom is -0.457 e. The maximum atomic E-state index is 12.9. The number of carbonyl (C=O) groups is 1. The summed E-state index contributed by atoms with van der Waals surface area (Å²) in [7, 11) is 0. The maximum absolute atomic E-state index is 12.9. The fraction of sp³-hybridized carbons (Fsp3) is 0.385. The van der Waals surface area contributed by atoms with Crippen LogP contribution in [0.25, 0.3) is 10.8 Å².